The zero-order valence-corrected chi connectivity index (χ0v) is 5.93. The maximum Gasteiger partial charge on any atom is 0.0708 e. The minimum Gasteiger partial charge on any atom is -0.389 e. The summed E-state index contributed by atoms with van der Waals surface area (Å²) in [5.74, 6) is 1.28. The molecule has 0 saturated heterocycles. The Morgan fingerprint density at radius 3 is 2.67 bits per heavy atom. The van der Waals surface area contributed by atoms with Gasteiger partial charge in [-0.3, -0.25) is 0 Å². The Bertz CT molecular complexity index is 133. The quantitative estimate of drug-likeness (QED) is 0.522. The molecule has 0 amide bonds. The maximum atomic E-state index is 9.72. The summed E-state index contributed by atoms with van der Waals surface area (Å²) < 4.78 is 0. The SMILES string of the molecule is CC1C2CCCCC12O. The maximum absolute atomic E-state index is 9.72. The van der Waals surface area contributed by atoms with Crippen molar-refractivity contribution in [2.24, 2.45) is 11.8 Å². The zero-order chi connectivity index (χ0) is 6.48. The smallest absolute Gasteiger partial charge is 0.0708 e. The van der Waals surface area contributed by atoms with E-state index in [2.05, 4.69) is 6.92 Å². The van der Waals surface area contributed by atoms with Crippen LogP contribution in [0.25, 0.3) is 0 Å². The first kappa shape index (κ1) is 5.72. The summed E-state index contributed by atoms with van der Waals surface area (Å²) in [7, 11) is 0. The number of aliphatic hydroxyl groups is 1. The highest BCUT2D eigenvalue weighted by atomic mass is 16.3. The van der Waals surface area contributed by atoms with Crippen LogP contribution in [0, 0.1) is 11.8 Å². The van der Waals surface area contributed by atoms with Gasteiger partial charge in [-0.05, 0) is 24.7 Å². The second-order valence-corrected chi connectivity index (χ2v) is 3.63. The Labute approximate surface area is 56.1 Å². The van der Waals surface area contributed by atoms with E-state index in [0.717, 1.165) is 6.42 Å². The third kappa shape index (κ3) is 0.586. The molecule has 0 bridgehead atoms. The van der Waals surface area contributed by atoms with Crippen LogP contribution in [0.2, 0.25) is 0 Å². The Kier molecular flexibility index (Phi) is 0.963. The molecular weight excluding hydrogens is 112 g/mol. The molecule has 0 aromatic heterocycles. The molecule has 52 valence electrons. The highest BCUT2D eigenvalue weighted by Crippen LogP contribution is 2.58. The van der Waals surface area contributed by atoms with E-state index in [1.807, 2.05) is 0 Å². The Balaban J connectivity index is 2.10. The van der Waals surface area contributed by atoms with Crippen LogP contribution in [0.15, 0.2) is 0 Å². The van der Waals surface area contributed by atoms with Gasteiger partial charge in [0.15, 0.2) is 0 Å². The van der Waals surface area contributed by atoms with Gasteiger partial charge in [0.2, 0.25) is 0 Å². The number of fused-ring (bicyclic) bond motifs is 1. The van der Waals surface area contributed by atoms with Gasteiger partial charge in [-0.1, -0.05) is 19.8 Å². The van der Waals surface area contributed by atoms with Gasteiger partial charge in [0, 0.05) is 0 Å². The molecule has 3 unspecified atom stereocenters. The van der Waals surface area contributed by atoms with Gasteiger partial charge in [0.05, 0.1) is 5.60 Å². The topological polar surface area (TPSA) is 20.2 Å². The molecule has 0 heterocycles. The van der Waals surface area contributed by atoms with Crippen LogP contribution in [0.1, 0.15) is 32.6 Å². The van der Waals surface area contributed by atoms with Gasteiger partial charge in [-0.25, -0.2) is 0 Å². The van der Waals surface area contributed by atoms with Gasteiger partial charge in [-0.2, -0.15) is 0 Å². The lowest BCUT2D eigenvalue weighted by molar-refractivity contribution is 0.0927. The molecule has 2 saturated carbocycles. The zero-order valence-electron chi connectivity index (χ0n) is 5.93. The summed E-state index contributed by atoms with van der Waals surface area (Å²) in [5.41, 5.74) is -0.196. The van der Waals surface area contributed by atoms with Crippen molar-refractivity contribution in [3.63, 3.8) is 0 Å². The van der Waals surface area contributed by atoms with E-state index >= 15 is 0 Å². The van der Waals surface area contributed by atoms with Gasteiger partial charge in [-0.15, -0.1) is 0 Å². The second kappa shape index (κ2) is 1.51. The average molecular weight is 126 g/mol. The van der Waals surface area contributed by atoms with Gasteiger partial charge in [0.25, 0.3) is 0 Å². The highest BCUT2D eigenvalue weighted by molar-refractivity contribution is 5.11. The molecular formula is C8H14O. The van der Waals surface area contributed by atoms with Crippen molar-refractivity contribution in [2.45, 2.75) is 38.2 Å². The highest BCUT2D eigenvalue weighted by Gasteiger charge is 2.60. The average Bonchev–Trinajstić information content (AvgIpc) is 2.38. The summed E-state index contributed by atoms with van der Waals surface area (Å²) in [5, 5.41) is 9.72. The Hall–Kier alpha value is -0.0400. The van der Waals surface area contributed by atoms with E-state index in [-0.39, 0.29) is 5.60 Å². The van der Waals surface area contributed by atoms with Crippen LogP contribution in [-0.2, 0) is 0 Å². The fraction of sp³-hybridized carbons (Fsp3) is 1.00. The lowest BCUT2D eigenvalue weighted by Crippen LogP contribution is -2.15. The molecule has 0 aromatic rings. The van der Waals surface area contributed by atoms with Crippen molar-refractivity contribution in [1.29, 1.82) is 0 Å². The Morgan fingerprint density at radius 2 is 2.22 bits per heavy atom. The van der Waals surface area contributed by atoms with Crippen LogP contribution in [-0.4, -0.2) is 10.7 Å². The first-order chi connectivity index (χ1) is 4.25. The van der Waals surface area contributed by atoms with E-state index in [1.165, 1.54) is 19.3 Å². The van der Waals surface area contributed by atoms with Crippen molar-refractivity contribution in [3.05, 3.63) is 0 Å². The third-order valence-corrected chi connectivity index (χ3v) is 3.27. The van der Waals surface area contributed by atoms with Gasteiger partial charge < -0.3 is 5.11 Å². The summed E-state index contributed by atoms with van der Waals surface area (Å²) in [6, 6.07) is 0. The molecule has 1 N–H and O–H groups in total. The van der Waals surface area contributed by atoms with Crippen molar-refractivity contribution in [2.75, 3.05) is 0 Å². The molecule has 2 fully saturated rings. The molecule has 2 aliphatic carbocycles. The van der Waals surface area contributed by atoms with Crippen molar-refractivity contribution >= 4 is 0 Å². The third-order valence-electron chi connectivity index (χ3n) is 3.27. The normalized spacial score (nSPS) is 56.7. The van der Waals surface area contributed by atoms with E-state index in [0.29, 0.717) is 11.8 Å². The number of rotatable bonds is 0. The summed E-state index contributed by atoms with van der Waals surface area (Å²) in [6.45, 7) is 2.18. The lowest BCUT2D eigenvalue weighted by atomic mass is 9.98. The number of hydrogen-bond acceptors (Lipinski definition) is 1. The molecule has 0 radical (unpaired) electrons. The van der Waals surface area contributed by atoms with E-state index in [9.17, 15) is 5.11 Å². The minimum absolute atomic E-state index is 0.196. The molecule has 3 atom stereocenters. The predicted molar refractivity (Wildman–Crippen MR) is 36.1 cm³/mol. The molecule has 2 rings (SSSR count). The second-order valence-electron chi connectivity index (χ2n) is 3.63. The molecule has 1 heteroatoms. The molecule has 2 aliphatic rings. The molecule has 0 spiro atoms. The molecule has 0 aliphatic heterocycles. The van der Waals surface area contributed by atoms with Crippen LogP contribution < -0.4 is 0 Å². The number of hydrogen-bond donors (Lipinski definition) is 1. The van der Waals surface area contributed by atoms with Crippen LogP contribution in [0.3, 0.4) is 0 Å². The predicted octanol–water partition coefficient (Wildman–Crippen LogP) is 1.56. The first-order valence-corrected chi connectivity index (χ1v) is 3.97. The van der Waals surface area contributed by atoms with Crippen molar-refractivity contribution < 1.29 is 5.11 Å². The standard InChI is InChI=1S/C8H14O/c1-6-7-4-2-3-5-8(6,7)9/h6-7,9H,2-5H2,1H3. The summed E-state index contributed by atoms with van der Waals surface area (Å²) in [4.78, 5) is 0. The van der Waals surface area contributed by atoms with Crippen LogP contribution in [0.5, 0.6) is 0 Å². The summed E-state index contributed by atoms with van der Waals surface area (Å²) >= 11 is 0. The summed E-state index contributed by atoms with van der Waals surface area (Å²) in [6.07, 6.45) is 4.94. The molecule has 1 nitrogen and oxygen atoms in total. The minimum atomic E-state index is -0.196. The van der Waals surface area contributed by atoms with Crippen LogP contribution >= 0.6 is 0 Å². The molecule has 9 heavy (non-hydrogen) atoms. The largest absolute Gasteiger partial charge is 0.389 e. The van der Waals surface area contributed by atoms with Crippen molar-refractivity contribution in [1.82, 2.24) is 0 Å². The van der Waals surface area contributed by atoms with E-state index in [1.54, 1.807) is 0 Å². The van der Waals surface area contributed by atoms with Gasteiger partial charge >= 0.3 is 0 Å². The van der Waals surface area contributed by atoms with Crippen LogP contribution in [0.4, 0.5) is 0 Å². The van der Waals surface area contributed by atoms with E-state index in [4.69, 9.17) is 0 Å². The lowest BCUT2D eigenvalue weighted by Gasteiger charge is -2.14. The fourth-order valence-electron chi connectivity index (χ4n) is 2.39. The Morgan fingerprint density at radius 1 is 1.44 bits per heavy atom. The van der Waals surface area contributed by atoms with E-state index < -0.39 is 0 Å². The fourth-order valence-corrected chi connectivity index (χ4v) is 2.39. The van der Waals surface area contributed by atoms with Gasteiger partial charge in [0.1, 0.15) is 0 Å². The monoisotopic (exact) mass is 126 g/mol. The molecule has 0 aromatic carbocycles. The first-order valence-electron chi connectivity index (χ1n) is 3.97. The van der Waals surface area contributed by atoms with Crippen molar-refractivity contribution in [3.8, 4) is 0 Å².